The Morgan fingerprint density at radius 2 is 2.33 bits per heavy atom. The van der Waals surface area contributed by atoms with Crippen LogP contribution in [0.15, 0.2) is 18.3 Å². The summed E-state index contributed by atoms with van der Waals surface area (Å²) in [5.41, 5.74) is 9.21. The zero-order valence-corrected chi connectivity index (χ0v) is 9.67. The highest BCUT2D eigenvalue weighted by molar-refractivity contribution is 5.71. The second-order valence-electron chi connectivity index (χ2n) is 3.72. The maximum atomic E-state index is 5.83. The third-order valence-electron chi connectivity index (χ3n) is 2.32. The minimum absolute atomic E-state index is 0.610. The summed E-state index contributed by atoms with van der Waals surface area (Å²) in [7, 11) is 1.95. The number of allylic oxidation sites excluding steroid dienone is 1. The molecule has 1 heterocycles. The lowest BCUT2D eigenvalue weighted by atomic mass is 10.1. The SMILES string of the molecule is CNCCC=C(C)c1cc(C)cnc1N. The lowest BCUT2D eigenvalue weighted by molar-refractivity contribution is 0.808. The monoisotopic (exact) mass is 205 g/mol. The fraction of sp³-hybridized carbons (Fsp3) is 0.417. The molecule has 0 aliphatic heterocycles. The van der Waals surface area contributed by atoms with Crippen LogP contribution in [0.5, 0.6) is 0 Å². The highest BCUT2D eigenvalue weighted by Crippen LogP contribution is 2.20. The molecule has 0 amide bonds. The van der Waals surface area contributed by atoms with Gasteiger partial charge in [0.05, 0.1) is 0 Å². The van der Waals surface area contributed by atoms with Gasteiger partial charge in [0.25, 0.3) is 0 Å². The molecule has 0 radical (unpaired) electrons. The number of nitrogen functional groups attached to an aromatic ring is 1. The molecule has 3 heteroatoms. The number of anilines is 1. The molecule has 0 aromatic carbocycles. The van der Waals surface area contributed by atoms with Gasteiger partial charge in [0.2, 0.25) is 0 Å². The topological polar surface area (TPSA) is 50.9 Å². The fourth-order valence-electron chi connectivity index (χ4n) is 1.44. The van der Waals surface area contributed by atoms with E-state index in [1.165, 1.54) is 5.57 Å². The number of hydrogen-bond donors (Lipinski definition) is 2. The van der Waals surface area contributed by atoms with Gasteiger partial charge in [-0.15, -0.1) is 0 Å². The summed E-state index contributed by atoms with van der Waals surface area (Å²) in [5, 5.41) is 3.11. The normalized spacial score (nSPS) is 11.8. The molecule has 0 saturated carbocycles. The van der Waals surface area contributed by atoms with Crippen LogP contribution in [0.25, 0.3) is 5.57 Å². The van der Waals surface area contributed by atoms with Crippen LogP contribution >= 0.6 is 0 Å². The Morgan fingerprint density at radius 3 is 3.00 bits per heavy atom. The third-order valence-corrected chi connectivity index (χ3v) is 2.32. The number of nitrogens with two attached hydrogens (primary N) is 1. The summed E-state index contributed by atoms with van der Waals surface area (Å²) in [6.07, 6.45) is 4.98. The zero-order chi connectivity index (χ0) is 11.3. The quantitative estimate of drug-likeness (QED) is 0.739. The number of hydrogen-bond acceptors (Lipinski definition) is 3. The van der Waals surface area contributed by atoms with Gasteiger partial charge < -0.3 is 11.1 Å². The first-order valence-corrected chi connectivity index (χ1v) is 5.19. The highest BCUT2D eigenvalue weighted by Gasteiger charge is 2.02. The van der Waals surface area contributed by atoms with E-state index < -0.39 is 0 Å². The summed E-state index contributed by atoms with van der Waals surface area (Å²) >= 11 is 0. The van der Waals surface area contributed by atoms with Crippen LogP contribution in [0.4, 0.5) is 5.82 Å². The van der Waals surface area contributed by atoms with Gasteiger partial charge in [-0.05, 0) is 51.1 Å². The minimum Gasteiger partial charge on any atom is -0.383 e. The van der Waals surface area contributed by atoms with Gasteiger partial charge in [-0.2, -0.15) is 0 Å². The lowest BCUT2D eigenvalue weighted by Gasteiger charge is -2.06. The second-order valence-corrected chi connectivity index (χ2v) is 3.72. The zero-order valence-electron chi connectivity index (χ0n) is 9.67. The Bertz CT molecular complexity index is 356. The number of pyridine rings is 1. The van der Waals surface area contributed by atoms with E-state index in [4.69, 9.17) is 5.73 Å². The minimum atomic E-state index is 0.610. The van der Waals surface area contributed by atoms with Crippen molar-refractivity contribution in [3.63, 3.8) is 0 Å². The van der Waals surface area contributed by atoms with Crippen molar-refractivity contribution in [2.45, 2.75) is 20.3 Å². The van der Waals surface area contributed by atoms with Crippen molar-refractivity contribution in [2.75, 3.05) is 19.3 Å². The molecule has 0 unspecified atom stereocenters. The molecule has 0 fully saturated rings. The van der Waals surface area contributed by atoms with Crippen LogP contribution in [-0.2, 0) is 0 Å². The van der Waals surface area contributed by atoms with E-state index in [1.54, 1.807) is 6.20 Å². The molecule has 3 N–H and O–H groups in total. The number of aryl methyl sites for hydroxylation is 1. The Kier molecular flexibility index (Phi) is 4.31. The van der Waals surface area contributed by atoms with E-state index in [1.807, 2.05) is 14.0 Å². The summed E-state index contributed by atoms with van der Waals surface area (Å²) in [5.74, 6) is 0.610. The summed E-state index contributed by atoms with van der Waals surface area (Å²) in [4.78, 5) is 4.15. The van der Waals surface area contributed by atoms with Crippen molar-refractivity contribution in [3.8, 4) is 0 Å². The molecule has 1 rings (SSSR count). The van der Waals surface area contributed by atoms with Crippen molar-refractivity contribution in [3.05, 3.63) is 29.5 Å². The van der Waals surface area contributed by atoms with Crippen molar-refractivity contribution >= 4 is 11.4 Å². The molecule has 0 bridgehead atoms. The van der Waals surface area contributed by atoms with Crippen LogP contribution in [0.3, 0.4) is 0 Å². The predicted octanol–water partition coefficient (Wildman–Crippen LogP) is 1.99. The van der Waals surface area contributed by atoms with Crippen molar-refractivity contribution in [1.29, 1.82) is 0 Å². The standard InChI is InChI=1S/C12H19N3/c1-9-7-11(12(13)15-8-9)10(2)5-4-6-14-3/h5,7-8,14H,4,6H2,1-3H3,(H2,13,15). The smallest absolute Gasteiger partial charge is 0.130 e. The number of rotatable bonds is 4. The van der Waals surface area contributed by atoms with Gasteiger partial charge in [-0.1, -0.05) is 6.08 Å². The second kappa shape index (κ2) is 5.51. The molecule has 1 aromatic heterocycles. The number of nitrogens with zero attached hydrogens (tertiary/aromatic N) is 1. The average Bonchev–Trinajstić information content (AvgIpc) is 2.22. The van der Waals surface area contributed by atoms with Gasteiger partial charge >= 0.3 is 0 Å². The van der Waals surface area contributed by atoms with E-state index in [2.05, 4.69) is 29.4 Å². The van der Waals surface area contributed by atoms with E-state index in [-0.39, 0.29) is 0 Å². The first-order chi connectivity index (χ1) is 7.15. The Balaban J connectivity index is 2.85. The maximum Gasteiger partial charge on any atom is 0.130 e. The molecular weight excluding hydrogens is 186 g/mol. The number of aromatic nitrogens is 1. The molecule has 82 valence electrons. The molecule has 0 aliphatic carbocycles. The first kappa shape index (κ1) is 11.7. The number of nitrogens with one attached hydrogen (secondary N) is 1. The Labute approximate surface area is 91.4 Å². The largest absolute Gasteiger partial charge is 0.383 e. The predicted molar refractivity (Wildman–Crippen MR) is 65.6 cm³/mol. The summed E-state index contributed by atoms with van der Waals surface area (Å²) in [6, 6.07) is 2.08. The summed E-state index contributed by atoms with van der Waals surface area (Å²) < 4.78 is 0. The Hall–Kier alpha value is -1.35. The van der Waals surface area contributed by atoms with Crippen LogP contribution < -0.4 is 11.1 Å². The van der Waals surface area contributed by atoms with Gasteiger partial charge in [-0.25, -0.2) is 4.98 Å². The molecule has 0 aliphatic rings. The summed E-state index contributed by atoms with van der Waals surface area (Å²) in [6.45, 7) is 5.08. The van der Waals surface area contributed by atoms with Gasteiger partial charge in [-0.3, -0.25) is 0 Å². The molecule has 0 spiro atoms. The fourth-order valence-corrected chi connectivity index (χ4v) is 1.44. The van der Waals surface area contributed by atoms with Crippen LogP contribution in [0.2, 0.25) is 0 Å². The molecule has 0 atom stereocenters. The molecule has 15 heavy (non-hydrogen) atoms. The highest BCUT2D eigenvalue weighted by atomic mass is 14.8. The van der Waals surface area contributed by atoms with E-state index in [0.29, 0.717) is 5.82 Å². The molecule has 0 saturated heterocycles. The van der Waals surface area contributed by atoms with Crippen molar-refractivity contribution in [1.82, 2.24) is 10.3 Å². The van der Waals surface area contributed by atoms with Gasteiger partial charge in [0, 0.05) is 11.8 Å². The van der Waals surface area contributed by atoms with E-state index in [0.717, 1.165) is 24.1 Å². The third kappa shape index (κ3) is 3.36. The van der Waals surface area contributed by atoms with Crippen LogP contribution in [0.1, 0.15) is 24.5 Å². The maximum absolute atomic E-state index is 5.83. The lowest BCUT2D eigenvalue weighted by Crippen LogP contribution is -2.06. The molecular formula is C12H19N3. The van der Waals surface area contributed by atoms with Crippen LogP contribution in [0, 0.1) is 6.92 Å². The van der Waals surface area contributed by atoms with Gasteiger partial charge in [0.15, 0.2) is 0 Å². The average molecular weight is 205 g/mol. The first-order valence-electron chi connectivity index (χ1n) is 5.19. The molecule has 3 nitrogen and oxygen atoms in total. The van der Waals surface area contributed by atoms with E-state index in [9.17, 15) is 0 Å². The van der Waals surface area contributed by atoms with E-state index >= 15 is 0 Å². The van der Waals surface area contributed by atoms with Crippen molar-refractivity contribution < 1.29 is 0 Å². The van der Waals surface area contributed by atoms with Crippen molar-refractivity contribution in [2.24, 2.45) is 0 Å². The molecule has 1 aromatic rings. The van der Waals surface area contributed by atoms with Gasteiger partial charge in [0.1, 0.15) is 5.82 Å². The van der Waals surface area contributed by atoms with Crippen LogP contribution in [-0.4, -0.2) is 18.6 Å². The Morgan fingerprint density at radius 1 is 1.60 bits per heavy atom.